The van der Waals surface area contributed by atoms with Gasteiger partial charge in [-0.05, 0) is 60.7 Å². The van der Waals surface area contributed by atoms with Gasteiger partial charge in [0.05, 0.1) is 38.5 Å². The fourth-order valence-electron chi connectivity index (χ4n) is 11.5. The summed E-state index contributed by atoms with van der Waals surface area (Å²) < 4.78 is 28.1. The van der Waals surface area contributed by atoms with Crippen LogP contribution in [0.25, 0.3) is 21.8 Å². The van der Waals surface area contributed by atoms with Gasteiger partial charge in [-0.1, -0.05) is 61.9 Å². The molecular weight excluding hydrogens is 1480 g/mol. The maximum absolute atomic E-state index is 15.3. The minimum Gasteiger partial charge on any atom is -0.508 e. The molecule has 110 heavy (non-hydrogen) atoms. The summed E-state index contributed by atoms with van der Waals surface area (Å²) >= 11 is 0. The Labute approximate surface area is 620 Å². The number of primary amides is 1. The number of phenolic OH excluding ortho intramolecular Hbond substituents is 1. The number of epoxide rings is 1. The summed E-state index contributed by atoms with van der Waals surface area (Å²) in [5.74, 6) is -27.9. The van der Waals surface area contributed by atoms with Crippen LogP contribution in [0.5, 0.6) is 5.75 Å². The van der Waals surface area contributed by atoms with E-state index in [1.165, 1.54) is 12.4 Å². The number of benzene rings is 3. The first-order valence-electron chi connectivity index (χ1n) is 33.5. The van der Waals surface area contributed by atoms with E-state index in [0.29, 0.717) is 34.6 Å². The van der Waals surface area contributed by atoms with Crippen LogP contribution >= 0.6 is 7.82 Å². The molecule has 592 valence electrons. The van der Waals surface area contributed by atoms with Gasteiger partial charge in [-0.15, -0.1) is 0 Å². The number of phosphoric acid groups is 1. The molecule has 2 aliphatic rings. The van der Waals surface area contributed by atoms with Crippen LogP contribution in [0.1, 0.15) is 81.5 Å². The van der Waals surface area contributed by atoms with Crippen molar-refractivity contribution in [1.82, 2.24) is 68.5 Å². The number of aliphatic carboxylic acids is 4. The van der Waals surface area contributed by atoms with Crippen molar-refractivity contribution in [2.75, 3.05) is 13.2 Å². The average Bonchev–Trinajstić information content (AvgIpc) is 1.86. The highest BCUT2D eigenvalue weighted by atomic mass is 31.2. The number of aromatic amines is 2. The van der Waals surface area contributed by atoms with Crippen molar-refractivity contribution in [1.29, 1.82) is 0 Å². The molecule has 2 fully saturated rings. The van der Waals surface area contributed by atoms with E-state index in [1.54, 1.807) is 60.8 Å². The minimum atomic E-state index is -6.00. The van der Waals surface area contributed by atoms with Gasteiger partial charge in [0, 0.05) is 53.5 Å². The number of esters is 1. The first-order chi connectivity index (χ1) is 51.9. The van der Waals surface area contributed by atoms with Gasteiger partial charge < -0.3 is 124 Å². The lowest BCUT2D eigenvalue weighted by atomic mass is 10.0. The number of nitrogens with two attached hydrogens (primary N) is 1. The number of aromatic hydroxyl groups is 1. The highest BCUT2D eigenvalue weighted by Crippen LogP contribution is 2.38. The Hall–Kier alpha value is -12.4. The van der Waals surface area contributed by atoms with E-state index >= 15 is 14.4 Å². The molecule has 0 bridgehead atoms. The number of nitrogens with one attached hydrogen (secondary N) is 13. The molecule has 7 rings (SSSR count). The number of carbonyl (C=O) groups is 17. The molecule has 5 unspecified atom stereocenters. The number of aliphatic hydroxyl groups excluding tert-OH is 1. The lowest BCUT2D eigenvalue weighted by molar-refractivity contribution is -0.156. The number of carboxylic acids is 4. The molecule has 5 aromatic rings. The summed E-state index contributed by atoms with van der Waals surface area (Å²) in [6.07, 6.45) is -10.6. The van der Waals surface area contributed by atoms with Crippen LogP contribution in [0.15, 0.2) is 85.2 Å². The second kappa shape index (κ2) is 38.4. The molecule has 23 N–H and O–H groups in total. The molecule has 4 heterocycles. The number of aliphatic hydroxyl groups is 1. The summed E-state index contributed by atoms with van der Waals surface area (Å²) in [5, 5.41) is 84.8. The second-order valence-electron chi connectivity index (χ2n) is 25.2. The Morgan fingerprint density at radius 2 is 1.09 bits per heavy atom. The van der Waals surface area contributed by atoms with Gasteiger partial charge in [-0.2, -0.15) is 0 Å². The normalized spacial score (nSPS) is 23.9. The first kappa shape index (κ1) is 84.8. The lowest BCUT2D eigenvalue weighted by Gasteiger charge is -2.30. The van der Waals surface area contributed by atoms with E-state index in [9.17, 15) is 112 Å². The molecule has 0 aliphatic carbocycles. The predicted octanol–water partition coefficient (Wildman–Crippen LogP) is -5.77. The van der Waals surface area contributed by atoms with Crippen molar-refractivity contribution in [3.05, 3.63) is 102 Å². The number of hydrogen-bond donors (Lipinski definition) is 22. The van der Waals surface area contributed by atoms with Crippen molar-refractivity contribution >= 4 is 130 Å². The van der Waals surface area contributed by atoms with Crippen LogP contribution in [-0.2, 0) is 113 Å². The SMILES string of the molecule is CCC[C@H]1O[C@@H]1C(=O)N[C@@H](CO)C(=O)NC1C(=O)NC(Cc2c[nH]c3ccccc23)C(=O)N[C@@H](CC(=O)O)C(=O)NC(CC(=O)O)C(=O)N[C@H](c2ccc(O)cc2)C(=O)N[C@@H](CC(=O)O)C(=O)NCC(=O)N[C@H]([C@H](OP(=O)(O)O)C(N)=O)C(=O)NC(CCC(=O)O)C(=O)N[C@@H](Cc2c[nH]c3ccccc23)C(=O)OC1C. The summed E-state index contributed by atoms with van der Waals surface area (Å²) in [4.78, 5) is 262. The maximum Gasteiger partial charge on any atom is 0.470 e. The Bertz CT molecular complexity index is 4390. The number of rotatable bonds is 25. The third-order valence-electron chi connectivity index (χ3n) is 17.0. The topological polar surface area (TPSA) is 690 Å². The highest BCUT2D eigenvalue weighted by Gasteiger charge is 2.47. The summed E-state index contributed by atoms with van der Waals surface area (Å²) in [5.41, 5.74) is 6.36. The minimum absolute atomic E-state index is 0.199. The highest BCUT2D eigenvalue weighted by molar-refractivity contribution is 7.46. The van der Waals surface area contributed by atoms with Gasteiger partial charge in [0.2, 0.25) is 65.0 Å². The number of aromatic nitrogens is 2. The Kier molecular flexibility index (Phi) is 29.6. The van der Waals surface area contributed by atoms with Crippen LogP contribution < -0.4 is 64.2 Å². The van der Waals surface area contributed by atoms with Gasteiger partial charge in [-0.25, -0.2) is 9.36 Å². The summed E-state index contributed by atoms with van der Waals surface area (Å²) in [6.45, 7) is 0.118. The number of cyclic esters (lactones) is 1. The van der Waals surface area contributed by atoms with Crippen molar-refractivity contribution in [2.45, 2.75) is 156 Å². The monoisotopic (exact) mass is 1560 g/mol. The number of carbonyl (C=O) groups excluding carboxylic acids is 13. The number of phosphoric ester groups is 1. The Morgan fingerprint density at radius 1 is 0.600 bits per heavy atom. The predicted molar refractivity (Wildman–Crippen MR) is 369 cm³/mol. The molecule has 2 saturated heterocycles. The maximum atomic E-state index is 15.3. The van der Waals surface area contributed by atoms with Gasteiger partial charge in [0.15, 0.2) is 12.2 Å². The van der Waals surface area contributed by atoms with Crippen LogP contribution in [0.2, 0.25) is 0 Å². The van der Waals surface area contributed by atoms with Gasteiger partial charge in [0.1, 0.15) is 72.3 Å². The molecular formula is C66H79N14O29P. The number of amides is 12. The van der Waals surface area contributed by atoms with E-state index in [2.05, 4.69) is 46.4 Å². The molecule has 44 heteroatoms. The van der Waals surface area contributed by atoms with Crippen molar-refractivity contribution in [3.8, 4) is 5.75 Å². The smallest absolute Gasteiger partial charge is 0.470 e. The zero-order valence-corrected chi connectivity index (χ0v) is 59.0. The van der Waals surface area contributed by atoms with Crippen molar-refractivity contribution < 1.29 is 140 Å². The number of ether oxygens (including phenoxy) is 2. The third kappa shape index (κ3) is 24.3. The van der Waals surface area contributed by atoms with Crippen LogP contribution in [0.4, 0.5) is 0 Å². The summed E-state index contributed by atoms with van der Waals surface area (Å²) in [6, 6.07) is -6.37. The second-order valence-corrected chi connectivity index (χ2v) is 26.4. The van der Waals surface area contributed by atoms with E-state index in [-0.39, 0.29) is 16.7 Å². The lowest BCUT2D eigenvalue weighted by Crippen LogP contribution is -2.63. The van der Waals surface area contributed by atoms with Gasteiger partial charge in [-0.3, -0.25) is 81.2 Å². The quantitative estimate of drug-likeness (QED) is 0.0147. The molecule has 3 aromatic carbocycles. The Morgan fingerprint density at radius 3 is 1.62 bits per heavy atom. The number of phenols is 1. The molecule has 2 aromatic heterocycles. The third-order valence-corrected chi connectivity index (χ3v) is 17.5. The number of carboxylic acid groups (broad SMARTS) is 4. The number of para-hydroxylation sites is 2. The molecule has 43 nitrogen and oxygen atoms in total. The molecule has 2 aliphatic heterocycles. The largest absolute Gasteiger partial charge is 0.508 e. The number of fused-ring (bicyclic) bond motifs is 2. The van der Waals surface area contributed by atoms with Crippen molar-refractivity contribution in [2.24, 2.45) is 5.73 Å². The first-order valence-corrected chi connectivity index (χ1v) is 35.0. The zero-order chi connectivity index (χ0) is 81.0. The molecule has 0 saturated carbocycles. The molecule has 0 radical (unpaired) electrons. The average molecular weight is 1560 g/mol. The fourth-order valence-corrected chi connectivity index (χ4v) is 12.0. The van der Waals surface area contributed by atoms with E-state index < -0.39 is 257 Å². The zero-order valence-electron chi connectivity index (χ0n) is 58.1. The van der Waals surface area contributed by atoms with Crippen molar-refractivity contribution in [3.63, 3.8) is 0 Å². The standard InChI is InChI=1S/C66H79N14O29P/c1-3-8-44-53(108-44)65(102)77-43(27-81)61(98)79-50-28(2)107-66(103)42(20-31-25-69-36-12-7-5-10-34(31)36)76-57(94)37(17-18-46(84)85)71-64(101)52(54(55(67)92)109-110(104,105)106)78-45(83)26-70-56(93)39(21-47(86)87)75-63(100)51(29-13-15-32(82)16-14-29)80-60(97)41(23-49(90)91)73-59(96)40(22-48(88)89)72-58(95)38(74-62(50)99)19-30-24-68-35-11-6-4-9-33(30)35/h4-7,9-16,24-25,28,37-44,50-54,68-69,81-82H,3,8,17-23,26-27H2,1-2H3,(H2,67,92)(H,70,93)(H,71,101)(H,72,95)(H,73,96)(H,74,99)(H,75,100)(H,76,94)(H,77,102)(H,78,83)(H,79,98)(H,80,97)(H,84,85)(H,86,87)(H,88,89)(H,90,91)(H2,104,105,106)/t28?,37?,38?,39-,40-,41?,42-,43-,44+,50?,51+,52+,53-,54-/m0/s1. The van der Waals surface area contributed by atoms with E-state index in [0.717, 1.165) is 31.2 Å². The van der Waals surface area contributed by atoms with Gasteiger partial charge >= 0.3 is 37.7 Å². The number of hydrogen-bond acceptors (Lipinski definition) is 23. The summed E-state index contributed by atoms with van der Waals surface area (Å²) in [7, 11) is -6.00. The Balaban J connectivity index is 1.39. The van der Waals surface area contributed by atoms with E-state index in [4.69, 9.17) is 15.2 Å². The van der Waals surface area contributed by atoms with Crippen LogP contribution in [0, 0.1) is 0 Å². The van der Waals surface area contributed by atoms with Crippen LogP contribution in [0.3, 0.4) is 0 Å². The molecule has 0 spiro atoms. The fraction of sp³-hybridized carbons (Fsp3) is 0.409. The van der Waals surface area contributed by atoms with E-state index in [1.807, 2.05) is 21.3 Å². The van der Waals surface area contributed by atoms with Crippen LogP contribution in [-0.4, -0.2) is 243 Å². The molecule has 12 amide bonds. The molecule has 14 atom stereocenters. The van der Waals surface area contributed by atoms with Gasteiger partial charge in [0.25, 0.3) is 5.91 Å². The number of H-pyrrole nitrogens is 2.